The largest absolute Gasteiger partial charge is 0.388 e. The summed E-state index contributed by atoms with van der Waals surface area (Å²) >= 11 is 0. The molecule has 1 amide bonds. The van der Waals surface area contributed by atoms with Crippen LogP contribution in [-0.2, 0) is 11.3 Å². The van der Waals surface area contributed by atoms with Crippen molar-refractivity contribution in [3.8, 4) is 0 Å². The number of ether oxygens (including phenoxy) is 1. The van der Waals surface area contributed by atoms with Crippen molar-refractivity contribution in [2.75, 3.05) is 39.9 Å². The van der Waals surface area contributed by atoms with E-state index in [4.69, 9.17) is 4.74 Å². The number of aromatic amines is 1. The highest BCUT2D eigenvalue weighted by Gasteiger charge is 2.31. The molecule has 0 atom stereocenters. The van der Waals surface area contributed by atoms with E-state index < -0.39 is 5.60 Å². The maximum atomic E-state index is 12.5. The van der Waals surface area contributed by atoms with E-state index in [-0.39, 0.29) is 18.1 Å². The summed E-state index contributed by atoms with van der Waals surface area (Å²) in [6, 6.07) is 5.13. The topological polar surface area (TPSA) is 99.6 Å². The van der Waals surface area contributed by atoms with E-state index in [1.165, 1.54) is 0 Å². The summed E-state index contributed by atoms with van der Waals surface area (Å²) in [6.45, 7) is 5.28. The summed E-state index contributed by atoms with van der Waals surface area (Å²) in [4.78, 5) is 29.6. The van der Waals surface area contributed by atoms with Crippen LogP contribution in [0.5, 0.6) is 0 Å². The molecule has 3 N–H and O–H groups in total. The molecule has 3 rings (SSSR count). The molecule has 2 heterocycles. The summed E-state index contributed by atoms with van der Waals surface area (Å²) in [6.07, 6.45) is 1.28. The molecule has 0 spiro atoms. The molecular formula is C19H28N4O4. The van der Waals surface area contributed by atoms with Crippen LogP contribution < -0.4 is 11.0 Å². The van der Waals surface area contributed by atoms with Crippen molar-refractivity contribution in [1.82, 2.24) is 19.8 Å². The molecule has 1 aromatic heterocycles. The number of rotatable bonds is 7. The van der Waals surface area contributed by atoms with Crippen LogP contribution in [0.2, 0.25) is 0 Å². The van der Waals surface area contributed by atoms with Gasteiger partial charge in [0.2, 0.25) is 0 Å². The van der Waals surface area contributed by atoms with Gasteiger partial charge < -0.3 is 25.0 Å². The van der Waals surface area contributed by atoms with Gasteiger partial charge in [0.15, 0.2) is 0 Å². The van der Waals surface area contributed by atoms with E-state index >= 15 is 0 Å². The SMILES string of the molecule is CCOCCn1c(=O)[nH]c2cc(C(=O)NCC3(O)CCN(C)CC3)ccc21. The zero-order chi connectivity index (χ0) is 19.4. The number of imidazole rings is 1. The summed E-state index contributed by atoms with van der Waals surface area (Å²) < 4.78 is 6.92. The van der Waals surface area contributed by atoms with Gasteiger partial charge in [-0.15, -0.1) is 0 Å². The zero-order valence-electron chi connectivity index (χ0n) is 16.0. The van der Waals surface area contributed by atoms with Gasteiger partial charge in [0, 0.05) is 31.8 Å². The lowest BCUT2D eigenvalue weighted by atomic mass is 9.91. The van der Waals surface area contributed by atoms with Crippen LogP contribution >= 0.6 is 0 Å². The number of hydrogen-bond donors (Lipinski definition) is 3. The molecule has 0 aliphatic carbocycles. The number of aromatic nitrogens is 2. The van der Waals surface area contributed by atoms with Gasteiger partial charge in [-0.3, -0.25) is 9.36 Å². The van der Waals surface area contributed by atoms with Gasteiger partial charge in [0.1, 0.15) is 0 Å². The number of amides is 1. The number of nitrogens with zero attached hydrogens (tertiary/aromatic N) is 2. The van der Waals surface area contributed by atoms with Crippen molar-refractivity contribution < 1.29 is 14.6 Å². The summed E-state index contributed by atoms with van der Waals surface area (Å²) in [5.41, 5.74) is 0.732. The first-order valence-electron chi connectivity index (χ1n) is 9.41. The number of carbonyl (C=O) groups excluding carboxylic acids is 1. The smallest absolute Gasteiger partial charge is 0.326 e. The standard InChI is InChI=1S/C19H28N4O4/c1-3-27-11-10-23-16-5-4-14(12-15(16)21-18(23)25)17(24)20-13-19(26)6-8-22(2)9-7-19/h4-5,12,26H,3,6-11,13H2,1-2H3,(H,20,24)(H,21,25). The third-order valence-corrected chi connectivity index (χ3v) is 5.20. The van der Waals surface area contributed by atoms with Crippen molar-refractivity contribution in [3.05, 3.63) is 34.2 Å². The average molecular weight is 376 g/mol. The van der Waals surface area contributed by atoms with Crippen molar-refractivity contribution in [3.63, 3.8) is 0 Å². The molecule has 27 heavy (non-hydrogen) atoms. The molecule has 0 saturated carbocycles. The lowest BCUT2D eigenvalue weighted by molar-refractivity contribution is -0.0135. The number of hydrogen-bond acceptors (Lipinski definition) is 5. The molecule has 1 fully saturated rings. The number of nitrogens with one attached hydrogen (secondary N) is 2. The highest BCUT2D eigenvalue weighted by Crippen LogP contribution is 2.20. The number of carbonyl (C=O) groups is 1. The second kappa shape index (κ2) is 8.24. The van der Waals surface area contributed by atoms with Gasteiger partial charge in [-0.05, 0) is 45.0 Å². The molecule has 8 heteroatoms. The molecule has 1 aliphatic heterocycles. The third-order valence-electron chi connectivity index (χ3n) is 5.20. The highest BCUT2D eigenvalue weighted by molar-refractivity contribution is 5.97. The molecule has 1 aromatic carbocycles. The first-order valence-corrected chi connectivity index (χ1v) is 9.41. The molecule has 148 valence electrons. The number of likely N-dealkylation sites (tertiary alicyclic amines) is 1. The van der Waals surface area contributed by atoms with Gasteiger partial charge in [0.25, 0.3) is 5.91 Å². The molecule has 8 nitrogen and oxygen atoms in total. The Labute approximate surface area is 158 Å². The van der Waals surface area contributed by atoms with Crippen LogP contribution in [0.25, 0.3) is 11.0 Å². The van der Waals surface area contributed by atoms with Gasteiger partial charge in [0.05, 0.1) is 29.8 Å². The number of benzene rings is 1. The van der Waals surface area contributed by atoms with Crippen LogP contribution in [0.1, 0.15) is 30.1 Å². The Balaban J connectivity index is 1.68. The van der Waals surface area contributed by atoms with E-state index in [2.05, 4.69) is 15.2 Å². The number of aliphatic hydroxyl groups is 1. The number of H-pyrrole nitrogens is 1. The van der Waals surface area contributed by atoms with Crippen molar-refractivity contribution in [1.29, 1.82) is 0 Å². The maximum Gasteiger partial charge on any atom is 0.326 e. The predicted octanol–water partition coefficient (Wildman–Crippen LogP) is 0.553. The minimum absolute atomic E-state index is 0.220. The number of piperidine rings is 1. The molecule has 0 radical (unpaired) electrons. The Morgan fingerprint density at radius 3 is 2.81 bits per heavy atom. The van der Waals surface area contributed by atoms with Crippen LogP contribution in [0.15, 0.2) is 23.0 Å². The van der Waals surface area contributed by atoms with Gasteiger partial charge in [-0.1, -0.05) is 0 Å². The van der Waals surface area contributed by atoms with E-state index in [9.17, 15) is 14.7 Å². The van der Waals surface area contributed by atoms with Crippen LogP contribution in [0, 0.1) is 0 Å². The fraction of sp³-hybridized carbons (Fsp3) is 0.579. The first-order chi connectivity index (χ1) is 12.9. The summed E-state index contributed by atoms with van der Waals surface area (Å²) in [5, 5.41) is 13.4. The van der Waals surface area contributed by atoms with Gasteiger partial charge in [-0.25, -0.2) is 4.79 Å². The van der Waals surface area contributed by atoms with Crippen LogP contribution in [0.4, 0.5) is 0 Å². The Morgan fingerprint density at radius 2 is 2.11 bits per heavy atom. The molecule has 0 unspecified atom stereocenters. The monoisotopic (exact) mass is 376 g/mol. The Hall–Kier alpha value is -2.16. The van der Waals surface area contributed by atoms with E-state index in [0.29, 0.717) is 43.7 Å². The Morgan fingerprint density at radius 1 is 1.37 bits per heavy atom. The molecule has 2 aromatic rings. The van der Waals surface area contributed by atoms with Crippen molar-refractivity contribution in [2.45, 2.75) is 31.9 Å². The second-order valence-corrected chi connectivity index (χ2v) is 7.22. The Bertz CT molecular complexity index is 849. The number of fused-ring (bicyclic) bond motifs is 1. The maximum absolute atomic E-state index is 12.5. The lowest BCUT2D eigenvalue weighted by Crippen LogP contribution is -2.50. The van der Waals surface area contributed by atoms with E-state index in [0.717, 1.165) is 18.6 Å². The molecule has 1 aliphatic rings. The summed E-state index contributed by atoms with van der Waals surface area (Å²) in [5.74, 6) is -0.257. The van der Waals surface area contributed by atoms with Crippen LogP contribution in [-0.4, -0.2) is 71.0 Å². The highest BCUT2D eigenvalue weighted by atomic mass is 16.5. The minimum atomic E-state index is -0.858. The van der Waals surface area contributed by atoms with E-state index in [1.54, 1.807) is 22.8 Å². The molecule has 1 saturated heterocycles. The van der Waals surface area contributed by atoms with E-state index in [1.807, 2.05) is 14.0 Å². The minimum Gasteiger partial charge on any atom is -0.388 e. The van der Waals surface area contributed by atoms with Crippen molar-refractivity contribution in [2.24, 2.45) is 0 Å². The quantitative estimate of drug-likeness (QED) is 0.613. The first kappa shape index (κ1) is 19.6. The lowest BCUT2D eigenvalue weighted by Gasteiger charge is -2.36. The van der Waals surface area contributed by atoms with Gasteiger partial charge >= 0.3 is 5.69 Å². The average Bonchev–Trinajstić information content (AvgIpc) is 2.97. The Kier molecular flexibility index (Phi) is 5.98. The summed E-state index contributed by atoms with van der Waals surface area (Å²) in [7, 11) is 2.02. The van der Waals surface area contributed by atoms with Gasteiger partial charge in [-0.2, -0.15) is 0 Å². The normalized spacial score (nSPS) is 17.3. The fourth-order valence-corrected chi connectivity index (χ4v) is 3.39. The zero-order valence-corrected chi connectivity index (χ0v) is 16.0. The second-order valence-electron chi connectivity index (χ2n) is 7.22. The van der Waals surface area contributed by atoms with Crippen molar-refractivity contribution >= 4 is 16.9 Å². The third kappa shape index (κ3) is 4.58. The van der Waals surface area contributed by atoms with Crippen LogP contribution in [0.3, 0.4) is 0 Å². The predicted molar refractivity (Wildman–Crippen MR) is 103 cm³/mol. The molecule has 0 bridgehead atoms. The molecular weight excluding hydrogens is 348 g/mol. The fourth-order valence-electron chi connectivity index (χ4n) is 3.39.